The van der Waals surface area contributed by atoms with Crippen LogP contribution in [0.4, 0.5) is 18.9 Å². The van der Waals surface area contributed by atoms with Crippen LogP contribution in [0.5, 0.6) is 5.75 Å². The van der Waals surface area contributed by atoms with Gasteiger partial charge in [0.05, 0.1) is 19.3 Å². The molecule has 0 aliphatic rings. The second-order valence-electron chi connectivity index (χ2n) is 4.21. The van der Waals surface area contributed by atoms with Crippen molar-refractivity contribution in [1.29, 1.82) is 0 Å². The van der Waals surface area contributed by atoms with Crippen LogP contribution in [0.1, 0.15) is 5.56 Å². The van der Waals surface area contributed by atoms with Crippen LogP contribution in [0.15, 0.2) is 30.6 Å². The summed E-state index contributed by atoms with van der Waals surface area (Å²) in [6, 6.07) is 3.66. The monoisotopic (exact) mass is 301 g/mol. The number of nitrogens with one attached hydrogen (secondary N) is 1. The Morgan fingerprint density at radius 2 is 2.19 bits per heavy atom. The minimum absolute atomic E-state index is 0.00857. The van der Waals surface area contributed by atoms with Crippen molar-refractivity contribution in [2.24, 2.45) is 0 Å². The lowest BCUT2D eigenvalue weighted by atomic mass is 10.2. The molecule has 0 atom stereocenters. The Hall–Kier alpha value is -2.22. The fourth-order valence-electron chi connectivity index (χ4n) is 1.73. The predicted molar refractivity (Wildman–Crippen MR) is 69.7 cm³/mol. The average molecular weight is 301 g/mol. The Bertz CT molecular complexity index is 590. The Labute approximate surface area is 119 Å². The third-order valence-electron chi connectivity index (χ3n) is 2.66. The molecule has 2 aromatic rings. The highest BCUT2D eigenvalue weighted by Crippen LogP contribution is 2.23. The van der Waals surface area contributed by atoms with Crippen LogP contribution < -0.4 is 10.1 Å². The van der Waals surface area contributed by atoms with Crippen molar-refractivity contribution in [3.8, 4) is 5.75 Å². The van der Waals surface area contributed by atoms with Gasteiger partial charge in [-0.3, -0.25) is 4.68 Å². The van der Waals surface area contributed by atoms with E-state index >= 15 is 0 Å². The standard InChI is InChI=1S/C13H14F3N3O2/c14-11-5-10(1-2-12(11)21-13(15)16)17-6-9-7-18-19(8-9)3-4-20/h1-2,5,7-8,13,17,20H,3-4,6H2. The molecule has 0 unspecified atom stereocenters. The van der Waals surface area contributed by atoms with Gasteiger partial charge < -0.3 is 15.2 Å². The second kappa shape index (κ2) is 6.98. The third kappa shape index (κ3) is 4.38. The average Bonchev–Trinajstić information content (AvgIpc) is 2.87. The summed E-state index contributed by atoms with van der Waals surface area (Å²) >= 11 is 0. The van der Waals surface area contributed by atoms with Crippen LogP contribution in [0.2, 0.25) is 0 Å². The summed E-state index contributed by atoms with van der Waals surface area (Å²) in [6.45, 7) is -2.28. The smallest absolute Gasteiger partial charge is 0.387 e. The maximum atomic E-state index is 13.5. The second-order valence-corrected chi connectivity index (χ2v) is 4.21. The predicted octanol–water partition coefficient (Wildman–Crippen LogP) is 2.23. The van der Waals surface area contributed by atoms with E-state index in [0.29, 0.717) is 18.8 Å². The first-order valence-electron chi connectivity index (χ1n) is 6.19. The van der Waals surface area contributed by atoms with Gasteiger partial charge in [0, 0.05) is 30.1 Å². The highest BCUT2D eigenvalue weighted by molar-refractivity contribution is 5.47. The van der Waals surface area contributed by atoms with Crippen LogP contribution in [0.25, 0.3) is 0 Å². The number of anilines is 1. The fraction of sp³-hybridized carbons (Fsp3) is 0.308. The van der Waals surface area contributed by atoms with Gasteiger partial charge >= 0.3 is 6.61 Å². The Morgan fingerprint density at radius 1 is 1.38 bits per heavy atom. The largest absolute Gasteiger partial charge is 0.432 e. The van der Waals surface area contributed by atoms with Crippen LogP contribution in [0, 0.1) is 5.82 Å². The minimum atomic E-state index is -3.06. The summed E-state index contributed by atoms with van der Waals surface area (Å²) in [5.41, 5.74) is 1.28. The molecule has 1 heterocycles. The van der Waals surface area contributed by atoms with Gasteiger partial charge in [0.2, 0.25) is 0 Å². The molecule has 0 aliphatic heterocycles. The number of aromatic nitrogens is 2. The molecular weight excluding hydrogens is 287 g/mol. The number of halogens is 3. The van der Waals surface area contributed by atoms with E-state index in [2.05, 4.69) is 15.2 Å². The number of aliphatic hydroxyl groups is 1. The van der Waals surface area contributed by atoms with E-state index in [-0.39, 0.29) is 6.61 Å². The summed E-state index contributed by atoms with van der Waals surface area (Å²) in [4.78, 5) is 0. The molecule has 5 nitrogen and oxygen atoms in total. The van der Waals surface area contributed by atoms with Crippen LogP contribution in [-0.4, -0.2) is 28.1 Å². The molecule has 0 saturated carbocycles. The Kier molecular flexibility index (Phi) is 5.04. The molecule has 1 aromatic carbocycles. The zero-order valence-corrected chi connectivity index (χ0v) is 11.0. The minimum Gasteiger partial charge on any atom is -0.432 e. The topological polar surface area (TPSA) is 59.3 Å². The molecule has 0 bridgehead atoms. The van der Waals surface area contributed by atoms with Gasteiger partial charge in [0.15, 0.2) is 11.6 Å². The van der Waals surface area contributed by atoms with E-state index in [1.165, 1.54) is 6.07 Å². The number of aliphatic hydroxyl groups excluding tert-OH is 1. The normalized spacial score (nSPS) is 10.9. The molecule has 21 heavy (non-hydrogen) atoms. The van der Waals surface area contributed by atoms with Crippen molar-refractivity contribution in [2.75, 3.05) is 11.9 Å². The molecule has 0 radical (unpaired) electrons. The first-order chi connectivity index (χ1) is 10.1. The van der Waals surface area contributed by atoms with Crippen LogP contribution in [-0.2, 0) is 13.1 Å². The molecule has 0 amide bonds. The van der Waals surface area contributed by atoms with Gasteiger partial charge in [0.25, 0.3) is 0 Å². The molecule has 2 N–H and O–H groups in total. The van der Waals surface area contributed by atoms with Gasteiger partial charge in [-0.1, -0.05) is 0 Å². The number of benzene rings is 1. The van der Waals surface area contributed by atoms with E-state index in [4.69, 9.17) is 5.11 Å². The Morgan fingerprint density at radius 3 is 2.86 bits per heavy atom. The van der Waals surface area contributed by atoms with Gasteiger partial charge in [0.1, 0.15) is 0 Å². The van der Waals surface area contributed by atoms with Gasteiger partial charge in [-0.2, -0.15) is 13.9 Å². The molecule has 114 valence electrons. The number of hydrogen-bond donors (Lipinski definition) is 2. The van der Waals surface area contributed by atoms with E-state index < -0.39 is 18.2 Å². The lowest BCUT2D eigenvalue weighted by Gasteiger charge is -2.09. The summed E-state index contributed by atoms with van der Waals surface area (Å²) in [5.74, 6) is -1.36. The lowest BCUT2D eigenvalue weighted by molar-refractivity contribution is -0.0521. The lowest BCUT2D eigenvalue weighted by Crippen LogP contribution is -2.05. The zero-order valence-electron chi connectivity index (χ0n) is 11.0. The number of ether oxygens (including phenoxy) is 1. The van der Waals surface area contributed by atoms with Crippen molar-refractivity contribution in [1.82, 2.24) is 9.78 Å². The van der Waals surface area contributed by atoms with Crippen LogP contribution >= 0.6 is 0 Å². The summed E-state index contributed by atoms with van der Waals surface area (Å²) < 4.78 is 43.1. The zero-order chi connectivity index (χ0) is 15.2. The molecule has 1 aromatic heterocycles. The maximum absolute atomic E-state index is 13.5. The van der Waals surface area contributed by atoms with Gasteiger partial charge in [-0.15, -0.1) is 0 Å². The number of nitrogens with zero attached hydrogens (tertiary/aromatic N) is 2. The van der Waals surface area contributed by atoms with E-state index in [1.54, 1.807) is 17.1 Å². The van der Waals surface area contributed by atoms with E-state index in [9.17, 15) is 13.2 Å². The third-order valence-corrected chi connectivity index (χ3v) is 2.66. The molecular formula is C13H14F3N3O2. The quantitative estimate of drug-likeness (QED) is 0.823. The number of alkyl halides is 2. The fourth-order valence-corrected chi connectivity index (χ4v) is 1.73. The molecule has 0 aliphatic carbocycles. The van der Waals surface area contributed by atoms with Gasteiger partial charge in [-0.05, 0) is 12.1 Å². The van der Waals surface area contributed by atoms with Crippen molar-refractivity contribution in [2.45, 2.75) is 19.7 Å². The van der Waals surface area contributed by atoms with Crippen molar-refractivity contribution >= 4 is 5.69 Å². The first-order valence-corrected chi connectivity index (χ1v) is 6.19. The van der Waals surface area contributed by atoms with Crippen molar-refractivity contribution < 1.29 is 23.0 Å². The molecule has 2 rings (SSSR count). The summed E-state index contributed by atoms with van der Waals surface area (Å²) in [7, 11) is 0. The SMILES string of the molecule is OCCn1cc(CNc2ccc(OC(F)F)c(F)c2)cn1. The summed E-state index contributed by atoms with van der Waals surface area (Å²) in [6.07, 6.45) is 3.36. The Balaban J connectivity index is 1.94. The van der Waals surface area contributed by atoms with E-state index in [0.717, 1.165) is 17.7 Å². The van der Waals surface area contributed by atoms with Crippen molar-refractivity contribution in [3.05, 3.63) is 42.0 Å². The van der Waals surface area contributed by atoms with Crippen molar-refractivity contribution in [3.63, 3.8) is 0 Å². The molecule has 0 spiro atoms. The molecule has 0 fully saturated rings. The van der Waals surface area contributed by atoms with E-state index in [1.807, 2.05) is 0 Å². The number of rotatable bonds is 7. The maximum Gasteiger partial charge on any atom is 0.387 e. The summed E-state index contributed by atoms with van der Waals surface area (Å²) in [5, 5.41) is 15.7. The van der Waals surface area contributed by atoms with Crippen LogP contribution in [0.3, 0.4) is 0 Å². The number of hydrogen-bond acceptors (Lipinski definition) is 4. The highest BCUT2D eigenvalue weighted by Gasteiger charge is 2.10. The molecule has 0 saturated heterocycles. The first kappa shape index (κ1) is 15.2. The van der Waals surface area contributed by atoms with Gasteiger partial charge in [-0.25, -0.2) is 4.39 Å². The highest BCUT2D eigenvalue weighted by atomic mass is 19.3. The molecule has 8 heteroatoms.